The van der Waals surface area contributed by atoms with Gasteiger partial charge in [-0.1, -0.05) is 12.2 Å². The van der Waals surface area contributed by atoms with Crippen LogP contribution in [0.4, 0.5) is 0 Å². The Kier molecular flexibility index (Phi) is 5.56. The number of thiocarbonyl (C=S) groups is 1. The van der Waals surface area contributed by atoms with E-state index in [9.17, 15) is 0 Å². The van der Waals surface area contributed by atoms with E-state index in [0.717, 1.165) is 8.00 Å². The van der Waals surface area contributed by atoms with Crippen LogP contribution in [0.15, 0.2) is 8.00 Å². The summed E-state index contributed by atoms with van der Waals surface area (Å²) in [4.78, 5) is 0. The van der Waals surface area contributed by atoms with Gasteiger partial charge in [0.1, 0.15) is 4.61 Å². The fourth-order valence-corrected chi connectivity index (χ4v) is 0.719. The van der Waals surface area contributed by atoms with Gasteiger partial charge in [-0.05, 0) is 47.8 Å². The quantitative estimate of drug-likeness (QED) is 0.619. The topological polar surface area (TPSA) is 12.0 Å². The molecule has 0 unspecified atom stereocenters. The molecule has 0 heterocycles. The third-order valence-corrected chi connectivity index (χ3v) is 2.95. The minimum Gasteiger partial charge on any atom is -0.346 e. The van der Waals surface area contributed by atoms with Crippen molar-refractivity contribution in [3.05, 3.63) is 8.00 Å². The summed E-state index contributed by atoms with van der Waals surface area (Å²) in [5.74, 6) is 0. The van der Waals surface area contributed by atoms with Crippen molar-refractivity contribution in [2.24, 2.45) is 0 Å². The van der Waals surface area contributed by atoms with Crippen molar-refractivity contribution < 1.29 is 0 Å². The lowest BCUT2D eigenvalue weighted by atomic mass is 11.0. The van der Waals surface area contributed by atoms with Crippen molar-refractivity contribution >= 4 is 65.5 Å². The maximum absolute atomic E-state index is 4.51. The van der Waals surface area contributed by atoms with Crippen LogP contribution in [0, 0.1) is 0 Å². The Morgan fingerprint density at radius 3 is 2.00 bits per heavy atom. The normalized spacial score (nSPS) is 7.88. The summed E-state index contributed by atoms with van der Waals surface area (Å²) < 4.78 is 1.60. The highest BCUT2D eigenvalue weighted by Gasteiger charge is 1.90. The second kappa shape index (κ2) is 4.90. The van der Waals surface area contributed by atoms with Gasteiger partial charge in [-0.2, -0.15) is 0 Å². The number of hydrogen-bond acceptors (Lipinski definition) is 1. The highest BCUT2D eigenvalue weighted by atomic mass is 79.9. The molecule has 0 fully saturated rings. The van der Waals surface area contributed by atoms with Crippen LogP contribution in [0.25, 0.3) is 0 Å². The van der Waals surface area contributed by atoms with Gasteiger partial charge in [-0.15, -0.1) is 0 Å². The van der Waals surface area contributed by atoms with Crippen molar-refractivity contribution in [2.75, 3.05) is 0 Å². The molecule has 1 nitrogen and oxygen atoms in total. The summed E-state index contributed by atoms with van der Waals surface area (Å²) in [6, 6.07) is 0. The molecule has 0 spiro atoms. The highest BCUT2D eigenvalue weighted by Crippen LogP contribution is 2.20. The number of hydrogen-bond donors (Lipinski definition) is 1. The minimum absolute atomic E-state index is 0.785. The van der Waals surface area contributed by atoms with Gasteiger partial charge >= 0.3 is 0 Å². The van der Waals surface area contributed by atoms with Crippen molar-refractivity contribution in [1.29, 1.82) is 0 Å². The van der Waals surface area contributed by atoms with E-state index in [1.54, 1.807) is 0 Å². The lowest BCUT2D eigenvalue weighted by Crippen LogP contribution is -2.02. The van der Waals surface area contributed by atoms with Gasteiger partial charge in [0.2, 0.25) is 0 Å². The number of halogens is 3. The molecular weight excluding hydrogens is 322 g/mol. The van der Waals surface area contributed by atoms with E-state index in [1.807, 2.05) is 0 Å². The van der Waals surface area contributed by atoms with Crippen molar-refractivity contribution in [1.82, 2.24) is 5.32 Å². The summed E-state index contributed by atoms with van der Waals surface area (Å²) in [5.41, 5.74) is 1.41. The molecule has 0 aliphatic heterocycles. The fourth-order valence-electron chi connectivity index (χ4n) is 0.106. The third-order valence-electron chi connectivity index (χ3n) is 0.352. The van der Waals surface area contributed by atoms with Crippen LogP contribution < -0.4 is 5.32 Å². The second-order valence-electron chi connectivity index (χ2n) is 0.837. The smallest absolute Gasteiger partial charge is 0.104 e. The fraction of sp³-hybridized carbons (Fsp3) is 0. The Bertz CT molecular complexity index is 118. The molecule has 0 saturated heterocycles. The standard InChI is InChI=1S/C3H2Br3NS/c4-2(5)3(6)7-1-8/h1H,(H,7,8). The first kappa shape index (κ1) is 9.07. The van der Waals surface area contributed by atoms with E-state index in [1.165, 1.54) is 5.49 Å². The van der Waals surface area contributed by atoms with E-state index < -0.39 is 0 Å². The summed E-state index contributed by atoms with van der Waals surface area (Å²) in [7, 11) is 0. The molecular formula is C3H2Br3NS. The molecule has 0 atom stereocenters. The average molecular weight is 324 g/mol. The molecule has 0 aliphatic carbocycles. The Morgan fingerprint density at radius 2 is 1.88 bits per heavy atom. The number of nitrogens with one attached hydrogen (secondary N) is 1. The van der Waals surface area contributed by atoms with Crippen LogP contribution in [-0.4, -0.2) is 5.49 Å². The van der Waals surface area contributed by atoms with Crippen molar-refractivity contribution in [3.8, 4) is 0 Å². The molecule has 0 aromatic carbocycles. The van der Waals surface area contributed by atoms with Gasteiger partial charge in [0.05, 0.1) is 8.88 Å². The molecule has 0 radical (unpaired) electrons. The largest absolute Gasteiger partial charge is 0.346 e. The lowest BCUT2D eigenvalue weighted by molar-refractivity contribution is 1.34. The molecule has 0 aromatic rings. The molecule has 0 amide bonds. The van der Waals surface area contributed by atoms with Crippen molar-refractivity contribution in [3.63, 3.8) is 0 Å². The zero-order valence-electron chi connectivity index (χ0n) is 3.62. The third kappa shape index (κ3) is 4.00. The predicted molar refractivity (Wildman–Crippen MR) is 50.6 cm³/mol. The van der Waals surface area contributed by atoms with Crippen molar-refractivity contribution in [2.45, 2.75) is 0 Å². The SMILES string of the molecule is S=CNC(Br)=C(Br)Br. The monoisotopic (exact) mass is 321 g/mol. The van der Waals surface area contributed by atoms with E-state index in [2.05, 4.69) is 65.3 Å². The van der Waals surface area contributed by atoms with Crippen LogP contribution in [-0.2, 0) is 0 Å². The second-order valence-corrected chi connectivity index (χ2v) is 4.52. The molecule has 8 heavy (non-hydrogen) atoms. The van der Waals surface area contributed by atoms with E-state index in [4.69, 9.17) is 0 Å². The molecule has 0 saturated carbocycles. The van der Waals surface area contributed by atoms with Gasteiger partial charge in [-0.3, -0.25) is 0 Å². The van der Waals surface area contributed by atoms with Gasteiger partial charge in [-0.25, -0.2) is 0 Å². The first-order chi connectivity index (χ1) is 3.68. The molecule has 5 heteroatoms. The predicted octanol–water partition coefficient (Wildman–Crippen LogP) is 2.84. The summed E-state index contributed by atoms with van der Waals surface area (Å²) in [6.45, 7) is 0. The molecule has 0 aromatic heterocycles. The molecule has 46 valence electrons. The van der Waals surface area contributed by atoms with Crippen LogP contribution in [0.2, 0.25) is 0 Å². The van der Waals surface area contributed by atoms with Crippen LogP contribution in [0.5, 0.6) is 0 Å². The maximum atomic E-state index is 4.51. The molecule has 0 rings (SSSR count). The number of rotatable bonds is 2. The molecule has 0 aliphatic rings. The van der Waals surface area contributed by atoms with Crippen LogP contribution in [0.3, 0.4) is 0 Å². The van der Waals surface area contributed by atoms with Gasteiger partial charge in [0.15, 0.2) is 0 Å². The zero-order valence-corrected chi connectivity index (χ0v) is 9.19. The first-order valence-electron chi connectivity index (χ1n) is 1.59. The van der Waals surface area contributed by atoms with Gasteiger partial charge in [0, 0.05) is 0 Å². The minimum atomic E-state index is 0.785. The van der Waals surface area contributed by atoms with Gasteiger partial charge < -0.3 is 5.32 Å². The van der Waals surface area contributed by atoms with Gasteiger partial charge in [0.25, 0.3) is 0 Å². The molecule has 0 bridgehead atoms. The summed E-state index contributed by atoms with van der Waals surface area (Å²) in [6.07, 6.45) is 0. The van der Waals surface area contributed by atoms with Crippen LogP contribution in [0.1, 0.15) is 0 Å². The van der Waals surface area contributed by atoms with E-state index >= 15 is 0 Å². The maximum Gasteiger partial charge on any atom is 0.104 e. The Hall–Kier alpha value is 1.07. The lowest BCUT2D eigenvalue weighted by Gasteiger charge is -1.93. The first-order valence-corrected chi connectivity index (χ1v) is 4.44. The molecule has 1 N–H and O–H groups in total. The Balaban J connectivity index is 3.79. The Labute approximate surface area is 78.3 Å². The average Bonchev–Trinajstić information content (AvgIpc) is 1.67. The van der Waals surface area contributed by atoms with E-state index in [0.29, 0.717) is 0 Å². The van der Waals surface area contributed by atoms with E-state index in [-0.39, 0.29) is 0 Å². The highest BCUT2D eigenvalue weighted by molar-refractivity contribution is 9.29. The Morgan fingerprint density at radius 1 is 1.38 bits per heavy atom. The summed E-state index contributed by atoms with van der Waals surface area (Å²) >= 11 is 14.0. The summed E-state index contributed by atoms with van der Waals surface area (Å²) in [5, 5.41) is 2.74. The van der Waals surface area contributed by atoms with Crippen LogP contribution >= 0.6 is 60.0 Å². The zero-order chi connectivity index (χ0) is 6.57.